The van der Waals surface area contributed by atoms with Crippen molar-refractivity contribution in [3.05, 3.63) is 64.6 Å². The Balaban J connectivity index is 1.41. The maximum absolute atomic E-state index is 3.57. The lowest BCUT2D eigenvalue weighted by molar-refractivity contribution is 0.182. The molecule has 1 saturated heterocycles. The number of piperidine rings is 1. The van der Waals surface area contributed by atoms with Crippen molar-refractivity contribution in [2.24, 2.45) is 5.92 Å². The van der Waals surface area contributed by atoms with Gasteiger partial charge in [0, 0.05) is 23.2 Å². The Morgan fingerprint density at radius 3 is 2.32 bits per heavy atom. The van der Waals surface area contributed by atoms with Gasteiger partial charge in [-0.1, -0.05) is 46.3 Å². The number of benzene rings is 2. The molecule has 116 valence electrons. The summed E-state index contributed by atoms with van der Waals surface area (Å²) in [6.07, 6.45) is 2.58. The van der Waals surface area contributed by atoms with E-state index in [2.05, 4.69) is 80.7 Å². The fourth-order valence-corrected chi connectivity index (χ4v) is 3.28. The first-order valence-electron chi connectivity index (χ1n) is 8.05. The van der Waals surface area contributed by atoms with Crippen LogP contribution in [0.5, 0.6) is 0 Å². The van der Waals surface area contributed by atoms with Crippen LogP contribution >= 0.6 is 15.9 Å². The third-order valence-corrected chi connectivity index (χ3v) is 4.92. The molecule has 1 aliphatic heterocycles. The summed E-state index contributed by atoms with van der Waals surface area (Å²) >= 11 is 3.47. The van der Waals surface area contributed by atoms with Crippen molar-refractivity contribution in [2.75, 3.05) is 25.0 Å². The van der Waals surface area contributed by atoms with Crippen LogP contribution < -0.4 is 5.32 Å². The molecule has 3 heteroatoms. The molecule has 0 saturated carbocycles. The molecule has 1 fully saturated rings. The smallest absolute Gasteiger partial charge is 0.0341 e. The maximum Gasteiger partial charge on any atom is 0.0341 e. The average molecular weight is 359 g/mol. The zero-order valence-electron chi connectivity index (χ0n) is 12.8. The molecule has 1 N–H and O–H groups in total. The van der Waals surface area contributed by atoms with Gasteiger partial charge in [0.1, 0.15) is 0 Å². The standard InChI is InChI=1S/C19H23BrN2/c20-18-6-8-19(9-7-18)21-14-16-10-12-22(13-11-16)15-17-4-2-1-3-5-17/h1-9,16,21H,10-15H2. The minimum atomic E-state index is 0.788. The largest absolute Gasteiger partial charge is 0.385 e. The zero-order valence-corrected chi connectivity index (χ0v) is 14.4. The average Bonchev–Trinajstić information content (AvgIpc) is 2.57. The van der Waals surface area contributed by atoms with Crippen molar-refractivity contribution in [1.82, 2.24) is 4.90 Å². The van der Waals surface area contributed by atoms with Gasteiger partial charge in [0.05, 0.1) is 0 Å². The first-order chi connectivity index (χ1) is 10.8. The van der Waals surface area contributed by atoms with Gasteiger partial charge in [0.25, 0.3) is 0 Å². The van der Waals surface area contributed by atoms with Crippen molar-refractivity contribution < 1.29 is 0 Å². The molecule has 0 aromatic heterocycles. The number of anilines is 1. The molecule has 1 aliphatic rings. The molecular formula is C19H23BrN2. The summed E-state index contributed by atoms with van der Waals surface area (Å²) in [5, 5.41) is 3.57. The number of halogens is 1. The highest BCUT2D eigenvalue weighted by molar-refractivity contribution is 9.10. The molecule has 22 heavy (non-hydrogen) atoms. The lowest BCUT2D eigenvalue weighted by Crippen LogP contribution is -2.35. The molecule has 0 amide bonds. The third-order valence-electron chi connectivity index (χ3n) is 4.40. The number of hydrogen-bond acceptors (Lipinski definition) is 2. The lowest BCUT2D eigenvalue weighted by Gasteiger charge is -2.32. The van der Waals surface area contributed by atoms with Gasteiger partial charge >= 0.3 is 0 Å². The van der Waals surface area contributed by atoms with Gasteiger partial charge in [-0.2, -0.15) is 0 Å². The van der Waals surface area contributed by atoms with Gasteiger partial charge in [-0.15, -0.1) is 0 Å². The van der Waals surface area contributed by atoms with Crippen molar-refractivity contribution in [1.29, 1.82) is 0 Å². The van der Waals surface area contributed by atoms with Gasteiger partial charge in [-0.25, -0.2) is 0 Å². The topological polar surface area (TPSA) is 15.3 Å². The molecule has 3 rings (SSSR count). The van der Waals surface area contributed by atoms with Gasteiger partial charge in [-0.3, -0.25) is 4.90 Å². The Morgan fingerprint density at radius 1 is 0.955 bits per heavy atom. The molecular weight excluding hydrogens is 336 g/mol. The van der Waals surface area contributed by atoms with E-state index in [0.29, 0.717) is 0 Å². The monoisotopic (exact) mass is 358 g/mol. The molecule has 0 bridgehead atoms. The van der Waals surface area contributed by atoms with Crippen LogP contribution in [0.2, 0.25) is 0 Å². The highest BCUT2D eigenvalue weighted by Crippen LogP contribution is 2.20. The Kier molecular flexibility index (Phi) is 5.52. The van der Waals surface area contributed by atoms with Gasteiger partial charge in [0.15, 0.2) is 0 Å². The fraction of sp³-hybridized carbons (Fsp3) is 0.368. The van der Waals surface area contributed by atoms with Crippen LogP contribution in [-0.4, -0.2) is 24.5 Å². The Labute approximate surface area is 141 Å². The maximum atomic E-state index is 3.57. The predicted octanol–water partition coefficient (Wildman–Crippen LogP) is 4.77. The van der Waals surface area contributed by atoms with E-state index in [-0.39, 0.29) is 0 Å². The van der Waals surface area contributed by atoms with Gasteiger partial charge in [-0.05, 0) is 61.7 Å². The van der Waals surface area contributed by atoms with Crippen LogP contribution in [0.4, 0.5) is 5.69 Å². The van der Waals surface area contributed by atoms with E-state index < -0.39 is 0 Å². The highest BCUT2D eigenvalue weighted by atomic mass is 79.9. The summed E-state index contributed by atoms with van der Waals surface area (Å²) in [7, 11) is 0. The Bertz CT molecular complexity index is 560. The van der Waals surface area contributed by atoms with E-state index in [0.717, 1.165) is 23.5 Å². The van der Waals surface area contributed by atoms with E-state index in [1.165, 1.54) is 37.2 Å². The zero-order chi connectivity index (χ0) is 15.2. The molecule has 0 spiro atoms. The number of nitrogens with zero attached hydrogens (tertiary/aromatic N) is 1. The van der Waals surface area contributed by atoms with E-state index in [1.807, 2.05) is 0 Å². The molecule has 1 heterocycles. The second-order valence-electron chi connectivity index (χ2n) is 6.09. The van der Waals surface area contributed by atoms with Crippen LogP contribution in [0, 0.1) is 5.92 Å². The van der Waals surface area contributed by atoms with E-state index in [4.69, 9.17) is 0 Å². The third kappa shape index (κ3) is 4.59. The molecule has 0 radical (unpaired) electrons. The summed E-state index contributed by atoms with van der Waals surface area (Å²) in [6, 6.07) is 19.2. The van der Waals surface area contributed by atoms with E-state index in [9.17, 15) is 0 Å². The second kappa shape index (κ2) is 7.80. The molecule has 0 unspecified atom stereocenters. The van der Waals surface area contributed by atoms with Crippen molar-refractivity contribution in [3.63, 3.8) is 0 Å². The molecule has 2 aromatic carbocycles. The second-order valence-corrected chi connectivity index (χ2v) is 7.01. The van der Waals surface area contributed by atoms with Crippen molar-refractivity contribution in [2.45, 2.75) is 19.4 Å². The number of rotatable bonds is 5. The van der Waals surface area contributed by atoms with Crippen LogP contribution in [0.3, 0.4) is 0 Å². The van der Waals surface area contributed by atoms with Gasteiger partial charge in [0.2, 0.25) is 0 Å². The summed E-state index contributed by atoms with van der Waals surface area (Å²) in [5.74, 6) is 0.788. The first-order valence-corrected chi connectivity index (χ1v) is 8.84. The van der Waals surface area contributed by atoms with Gasteiger partial charge < -0.3 is 5.32 Å². The minimum Gasteiger partial charge on any atom is -0.385 e. The van der Waals surface area contributed by atoms with Crippen molar-refractivity contribution in [3.8, 4) is 0 Å². The highest BCUT2D eigenvalue weighted by Gasteiger charge is 2.18. The van der Waals surface area contributed by atoms with Crippen LogP contribution in [-0.2, 0) is 6.54 Å². The number of nitrogens with one attached hydrogen (secondary N) is 1. The SMILES string of the molecule is Brc1ccc(NCC2CCN(Cc3ccccc3)CC2)cc1. The minimum absolute atomic E-state index is 0.788. The van der Waals surface area contributed by atoms with E-state index >= 15 is 0 Å². The first kappa shape index (κ1) is 15.6. The van der Waals surface area contributed by atoms with Crippen LogP contribution in [0.1, 0.15) is 18.4 Å². The molecule has 2 nitrogen and oxygen atoms in total. The summed E-state index contributed by atoms with van der Waals surface area (Å²) in [5.41, 5.74) is 2.64. The fourth-order valence-electron chi connectivity index (χ4n) is 3.02. The molecule has 0 aliphatic carbocycles. The Hall–Kier alpha value is -1.32. The molecule has 2 aromatic rings. The van der Waals surface area contributed by atoms with Crippen molar-refractivity contribution >= 4 is 21.6 Å². The number of likely N-dealkylation sites (tertiary alicyclic amines) is 1. The Morgan fingerprint density at radius 2 is 1.64 bits per heavy atom. The summed E-state index contributed by atoms with van der Waals surface area (Å²) in [4.78, 5) is 2.57. The number of hydrogen-bond donors (Lipinski definition) is 1. The molecule has 0 atom stereocenters. The van der Waals surface area contributed by atoms with Crippen LogP contribution in [0.25, 0.3) is 0 Å². The lowest BCUT2D eigenvalue weighted by atomic mass is 9.96. The summed E-state index contributed by atoms with van der Waals surface area (Å²) < 4.78 is 1.13. The quantitative estimate of drug-likeness (QED) is 0.827. The van der Waals surface area contributed by atoms with Crippen LogP contribution in [0.15, 0.2) is 59.1 Å². The normalized spacial score (nSPS) is 16.6. The summed E-state index contributed by atoms with van der Waals surface area (Å²) in [6.45, 7) is 4.59. The van der Waals surface area contributed by atoms with E-state index in [1.54, 1.807) is 0 Å². The predicted molar refractivity (Wildman–Crippen MR) is 97.1 cm³/mol.